The molecule has 78 valence electrons. The van der Waals surface area contributed by atoms with E-state index in [0.29, 0.717) is 5.69 Å². The number of nitrogens with two attached hydrogens (primary N) is 1. The molecule has 0 fully saturated rings. The highest BCUT2D eigenvalue weighted by Crippen LogP contribution is 2.13. The minimum absolute atomic E-state index is 0.149. The van der Waals surface area contributed by atoms with E-state index >= 15 is 0 Å². The van der Waals surface area contributed by atoms with Crippen molar-refractivity contribution in [1.29, 1.82) is 0 Å². The number of nitrogens with one attached hydrogen (secondary N) is 1. The second kappa shape index (κ2) is 4.15. The van der Waals surface area contributed by atoms with E-state index < -0.39 is 5.97 Å². The van der Waals surface area contributed by atoms with Gasteiger partial charge < -0.3 is 20.7 Å². The lowest BCUT2D eigenvalue weighted by molar-refractivity contribution is 0.0691. The predicted molar refractivity (Wildman–Crippen MR) is 54.4 cm³/mol. The van der Waals surface area contributed by atoms with Crippen LogP contribution < -0.4 is 5.73 Å². The van der Waals surface area contributed by atoms with E-state index in [4.69, 9.17) is 10.8 Å². The van der Waals surface area contributed by atoms with Crippen LogP contribution in [0.1, 0.15) is 16.2 Å². The van der Waals surface area contributed by atoms with E-state index in [-0.39, 0.29) is 5.69 Å². The Labute approximate surface area is 82.5 Å². The first-order chi connectivity index (χ1) is 6.50. The maximum atomic E-state index is 10.6. The van der Waals surface area contributed by atoms with Gasteiger partial charge >= 0.3 is 5.97 Å². The molecule has 0 aromatic carbocycles. The molecule has 0 atom stereocenters. The summed E-state index contributed by atoms with van der Waals surface area (Å²) >= 11 is 0. The van der Waals surface area contributed by atoms with Gasteiger partial charge in [0.15, 0.2) is 0 Å². The van der Waals surface area contributed by atoms with Crippen LogP contribution in [-0.2, 0) is 6.42 Å². The third kappa shape index (κ3) is 2.50. The number of aromatic nitrogens is 1. The van der Waals surface area contributed by atoms with Gasteiger partial charge in [-0.2, -0.15) is 0 Å². The molecule has 0 saturated carbocycles. The average molecular weight is 197 g/mol. The number of likely N-dealkylation sites (N-methyl/N-ethyl adjacent to an activating group) is 1. The minimum Gasteiger partial charge on any atom is -0.477 e. The van der Waals surface area contributed by atoms with Crippen molar-refractivity contribution in [3.05, 3.63) is 17.5 Å². The van der Waals surface area contributed by atoms with E-state index in [1.165, 1.54) is 6.07 Å². The van der Waals surface area contributed by atoms with E-state index in [0.717, 1.165) is 18.7 Å². The van der Waals surface area contributed by atoms with Crippen LogP contribution in [0.5, 0.6) is 0 Å². The van der Waals surface area contributed by atoms with Crippen LogP contribution >= 0.6 is 0 Å². The Morgan fingerprint density at radius 2 is 2.29 bits per heavy atom. The van der Waals surface area contributed by atoms with Crippen LogP contribution in [0.3, 0.4) is 0 Å². The average Bonchev–Trinajstić information content (AvgIpc) is 2.43. The summed E-state index contributed by atoms with van der Waals surface area (Å²) in [5.74, 6) is -0.979. The first-order valence-electron chi connectivity index (χ1n) is 4.36. The molecular formula is C9H15N3O2. The Morgan fingerprint density at radius 3 is 2.71 bits per heavy atom. The van der Waals surface area contributed by atoms with Gasteiger partial charge in [0.1, 0.15) is 5.69 Å². The molecule has 0 aliphatic carbocycles. The monoisotopic (exact) mass is 197 g/mol. The van der Waals surface area contributed by atoms with Crippen molar-refractivity contribution in [3.63, 3.8) is 0 Å². The van der Waals surface area contributed by atoms with Gasteiger partial charge in [0.25, 0.3) is 0 Å². The Hall–Kier alpha value is -1.49. The highest BCUT2D eigenvalue weighted by molar-refractivity contribution is 5.87. The van der Waals surface area contributed by atoms with Gasteiger partial charge in [-0.3, -0.25) is 0 Å². The smallest absolute Gasteiger partial charge is 0.352 e. The molecule has 0 spiro atoms. The fourth-order valence-electron chi connectivity index (χ4n) is 1.17. The zero-order valence-electron chi connectivity index (χ0n) is 8.37. The summed E-state index contributed by atoms with van der Waals surface area (Å²) in [5.41, 5.74) is 7.11. The molecular weight excluding hydrogens is 182 g/mol. The predicted octanol–water partition coefficient (Wildman–Crippen LogP) is 0.399. The van der Waals surface area contributed by atoms with Crippen molar-refractivity contribution in [1.82, 2.24) is 9.88 Å². The molecule has 1 aromatic rings. The molecule has 0 bridgehead atoms. The molecule has 0 radical (unpaired) electrons. The van der Waals surface area contributed by atoms with E-state index in [1.807, 2.05) is 19.0 Å². The number of carbonyl (C=O) groups is 1. The Bertz CT molecular complexity index is 331. The van der Waals surface area contributed by atoms with Gasteiger partial charge in [-0.05, 0) is 20.2 Å². The molecule has 0 saturated heterocycles. The number of aromatic carboxylic acids is 1. The first-order valence-corrected chi connectivity index (χ1v) is 4.36. The lowest BCUT2D eigenvalue weighted by atomic mass is 10.3. The van der Waals surface area contributed by atoms with Crippen LogP contribution in [0, 0.1) is 0 Å². The quantitative estimate of drug-likeness (QED) is 0.652. The van der Waals surface area contributed by atoms with Gasteiger partial charge in [0.2, 0.25) is 0 Å². The third-order valence-electron chi connectivity index (χ3n) is 1.97. The van der Waals surface area contributed by atoms with E-state index in [2.05, 4.69) is 4.98 Å². The van der Waals surface area contributed by atoms with E-state index in [9.17, 15) is 4.79 Å². The summed E-state index contributed by atoms with van der Waals surface area (Å²) in [6.45, 7) is 0.837. The number of carboxylic acid groups (broad SMARTS) is 1. The molecule has 5 heteroatoms. The Kier molecular flexibility index (Phi) is 3.14. The van der Waals surface area contributed by atoms with Crippen LogP contribution in [-0.4, -0.2) is 41.6 Å². The lowest BCUT2D eigenvalue weighted by Crippen LogP contribution is -2.15. The topological polar surface area (TPSA) is 82.3 Å². The second-order valence-corrected chi connectivity index (χ2v) is 3.48. The number of nitrogens with zero attached hydrogens (tertiary/aromatic N) is 1. The molecule has 4 N–H and O–H groups in total. The zero-order valence-corrected chi connectivity index (χ0v) is 8.37. The van der Waals surface area contributed by atoms with Crippen molar-refractivity contribution in [2.75, 3.05) is 26.4 Å². The van der Waals surface area contributed by atoms with Gasteiger partial charge in [0, 0.05) is 18.7 Å². The number of aromatic amines is 1. The van der Waals surface area contributed by atoms with Gasteiger partial charge in [-0.15, -0.1) is 0 Å². The van der Waals surface area contributed by atoms with Crippen LogP contribution in [0.4, 0.5) is 5.69 Å². The van der Waals surface area contributed by atoms with Crippen LogP contribution in [0.15, 0.2) is 6.07 Å². The third-order valence-corrected chi connectivity index (χ3v) is 1.97. The van der Waals surface area contributed by atoms with Gasteiger partial charge in [0.05, 0.1) is 5.69 Å². The number of anilines is 1. The maximum absolute atomic E-state index is 10.6. The molecule has 0 amide bonds. The Morgan fingerprint density at radius 1 is 1.64 bits per heavy atom. The van der Waals surface area contributed by atoms with Crippen molar-refractivity contribution >= 4 is 11.7 Å². The highest BCUT2D eigenvalue weighted by Gasteiger charge is 2.10. The largest absolute Gasteiger partial charge is 0.477 e. The summed E-state index contributed by atoms with van der Waals surface area (Å²) in [5, 5.41) is 8.70. The van der Waals surface area contributed by atoms with Crippen LogP contribution in [0.2, 0.25) is 0 Å². The number of rotatable bonds is 4. The van der Waals surface area contributed by atoms with Crippen molar-refractivity contribution < 1.29 is 9.90 Å². The van der Waals surface area contributed by atoms with Crippen molar-refractivity contribution in [3.8, 4) is 0 Å². The summed E-state index contributed by atoms with van der Waals surface area (Å²) in [7, 11) is 3.91. The number of H-pyrrole nitrogens is 1. The molecule has 0 unspecified atom stereocenters. The highest BCUT2D eigenvalue weighted by atomic mass is 16.4. The van der Waals surface area contributed by atoms with Crippen molar-refractivity contribution in [2.24, 2.45) is 0 Å². The second-order valence-electron chi connectivity index (χ2n) is 3.48. The summed E-state index contributed by atoms with van der Waals surface area (Å²) in [6.07, 6.45) is 0.728. The number of carboxylic acids is 1. The van der Waals surface area contributed by atoms with Crippen LogP contribution in [0.25, 0.3) is 0 Å². The Balaban J connectivity index is 2.72. The normalized spacial score (nSPS) is 10.8. The van der Waals surface area contributed by atoms with E-state index in [1.54, 1.807) is 0 Å². The molecule has 5 nitrogen and oxygen atoms in total. The minimum atomic E-state index is -0.979. The molecule has 1 aromatic heterocycles. The number of hydrogen-bond donors (Lipinski definition) is 3. The fraction of sp³-hybridized carbons (Fsp3) is 0.444. The summed E-state index contributed by atoms with van der Waals surface area (Å²) in [4.78, 5) is 15.4. The molecule has 1 rings (SSSR count). The molecule has 0 aliphatic rings. The molecule has 1 heterocycles. The SMILES string of the molecule is CN(C)CCc1[nH]c(C(=O)O)cc1N. The maximum Gasteiger partial charge on any atom is 0.352 e. The molecule has 14 heavy (non-hydrogen) atoms. The number of nitrogen functional groups attached to an aromatic ring is 1. The standard InChI is InChI=1S/C9H15N3O2/c1-12(2)4-3-7-6(10)5-8(11-7)9(13)14/h5,11H,3-4,10H2,1-2H3,(H,13,14). The van der Waals surface area contributed by atoms with Gasteiger partial charge in [-0.25, -0.2) is 4.79 Å². The summed E-state index contributed by atoms with van der Waals surface area (Å²) < 4.78 is 0. The zero-order chi connectivity index (χ0) is 10.7. The number of hydrogen-bond acceptors (Lipinski definition) is 3. The molecule has 0 aliphatic heterocycles. The first kappa shape index (κ1) is 10.6. The van der Waals surface area contributed by atoms with Crippen molar-refractivity contribution in [2.45, 2.75) is 6.42 Å². The summed E-state index contributed by atoms with van der Waals surface area (Å²) in [6, 6.07) is 1.45. The fourth-order valence-corrected chi connectivity index (χ4v) is 1.17. The lowest BCUT2D eigenvalue weighted by Gasteiger charge is -2.08. The van der Waals surface area contributed by atoms with Gasteiger partial charge in [-0.1, -0.05) is 0 Å².